The van der Waals surface area contributed by atoms with Crippen molar-refractivity contribution in [3.05, 3.63) is 0 Å². The number of ketones is 1. The zero-order valence-corrected chi connectivity index (χ0v) is 12.7. The van der Waals surface area contributed by atoms with Crippen molar-refractivity contribution in [2.75, 3.05) is 0 Å². The van der Waals surface area contributed by atoms with E-state index in [9.17, 15) is 35.1 Å². The summed E-state index contributed by atoms with van der Waals surface area (Å²) in [6.45, 7) is 3.38. The Hall–Kier alpha value is -1.06. The summed E-state index contributed by atoms with van der Waals surface area (Å²) in [6.07, 6.45) is -8.88. The maximum absolute atomic E-state index is 12.0. The van der Waals surface area contributed by atoms with E-state index in [1.165, 1.54) is 0 Å². The molecule has 0 bridgehead atoms. The molecule has 0 aromatic carbocycles. The van der Waals surface area contributed by atoms with Crippen molar-refractivity contribution >= 4 is 11.8 Å². The molecule has 1 aliphatic carbocycles. The molecule has 1 saturated carbocycles. The maximum atomic E-state index is 12.0. The Morgan fingerprint density at radius 2 is 1.41 bits per heavy atom. The molecule has 22 heavy (non-hydrogen) atoms. The Balaban J connectivity index is 3.01. The van der Waals surface area contributed by atoms with Crippen molar-refractivity contribution in [2.24, 2.45) is 0 Å². The van der Waals surface area contributed by atoms with Crippen molar-refractivity contribution in [1.82, 2.24) is 0 Å². The summed E-state index contributed by atoms with van der Waals surface area (Å²) in [7, 11) is 0. The molecule has 0 amide bonds. The highest BCUT2D eigenvalue weighted by Gasteiger charge is 2.62. The van der Waals surface area contributed by atoms with Crippen LogP contribution in [0.2, 0.25) is 0 Å². The van der Waals surface area contributed by atoms with Crippen LogP contribution in [0.5, 0.6) is 0 Å². The lowest BCUT2D eigenvalue weighted by atomic mass is 9.71. The Kier molecular flexibility index (Phi) is 6.45. The van der Waals surface area contributed by atoms with E-state index in [0.717, 1.165) is 0 Å². The Morgan fingerprint density at radius 3 is 1.82 bits per heavy atom. The fourth-order valence-corrected chi connectivity index (χ4v) is 2.57. The van der Waals surface area contributed by atoms with E-state index in [2.05, 4.69) is 0 Å². The van der Waals surface area contributed by atoms with Gasteiger partial charge in [0.05, 0.1) is 0 Å². The van der Waals surface area contributed by atoms with Crippen LogP contribution in [-0.2, 0) is 14.3 Å². The monoisotopic (exact) mass is 320 g/mol. The van der Waals surface area contributed by atoms with Crippen LogP contribution < -0.4 is 0 Å². The van der Waals surface area contributed by atoms with E-state index in [1.807, 2.05) is 0 Å². The Labute approximate surface area is 128 Å². The van der Waals surface area contributed by atoms with Crippen molar-refractivity contribution in [1.29, 1.82) is 0 Å². The fourth-order valence-electron chi connectivity index (χ4n) is 2.57. The summed E-state index contributed by atoms with van der Waals surface area (Å²) in [5.74, 6) is -1.62. The first-order valence-electron chi connectivity index (χ1n) is 7.39. The molecule has 1 fully saturated rings. The van der Waals surface area contributed by atoms with Crippen molar-refractivity contribution in [3.8, 4) is 0 Å². The van der Waals surface area contributed by atoms with Gasteiger partial charge in [-0.2, -0.15) is 0 Å². The number of carbonyl (C=O) groups is 2. The molecule has 0 saturated heterocycles. The largest absolute Gasteiger partial charge is 0.457 e. The molecule has 5 N–H and O–H groups in total. The smallest absolute Gasteiger partial charge is 0.306 e. The Morgan fingerprint density at radius 1 is 0.955 bits per heavy atom. The standard InChI is InChI=1S/C14H24O8/c1-3-5-7(15)14(21)12(19)9(17)11(10(18)13(14)20)22-8(16)6-4-2/h9-13,17-21H,3-6H2,1-2H3/t9-,10-,11?,12-,13+,14?/m1/s1. The third kappa shape index (κ3) is 3.31. The average molecular weight is 320 g/mol. The first-order chi connectivity index (χ1) is 10.2. The molecule has 8 heteroatoms. The average Bonchev–Trinajstić information content (AvgIpc) is 2.48. The molecule has 0 heterocycles. The third-order valence-electron chi connectivity index (χ3n) is 3.87. The first kappa shape index (κ1) is 19.0. The highest BCUT2D eigenvalue weighted by atomic mass is 16.6. The predicted molar refractivity (Wildman–Crippen MR) is 73.7 cm³/mol. The molecule has 0 aliphatic heterocycles. The summed E-state index contributed by atoms with van der Waals surface area (Å²) >= 11 is 0. The SMILES string of the molecule is CCCC(=O)OC1[C@@H](O)[C@@H](O)C(O)(C(=O)CCC)[C@@H](O)[C@@H]1O. The molecule has 128 valence electrons. The zero-order valence-electron chi connectivity index (χ0n) is 12.7. The molecule has 1 aliphatic rings. The van der Waals surface area contributed by atoms with Crippen LogP contribution in [0.4, 0.5) is 0 Å². The van der Waals surface area contributed by atoms with Crippen LogP contribution in [-0.4, -0.2) is 73.4 Å². The fraction of sp³-hybridized carbons (Fsp3) is 0.857. The quantitative estimate of drug-likeness (QED) is 0.363. The van der Waals surface area contributed by atoms with Crippen molar-refractivity contribution in [2.45, 2.75) is 75.7 Å². The molecule has 8 nitrogen and oxygen atoms in total. The first-order valence-corrected chi connectivity index (χ1v) is 7.39. The number of rotatable bonds is 6. The second-order valence-electron chi connectivity index (χ2n) is 5.57. The lowest BCUT2D eigenvalue weighted by molar-refractivity contribution is -0.263. The van der Waals surface area contributed by atoms with Gasteiger partial charge in [0.15, 0.2) is 17.5 Å². The van der Waals surface area contributed by atoms with E-state index in [4.69, 9.17) is 4.74 Å². The van der Waals surface area contributed by atoms with Gasteiger partial charge in [-0.1, -0.05) is 13.8 Å². The maximum Gasteiger partial charge on any atom is 0.306 e. The van der Waals surface area contributed by atoms with Gasteiger partial charge >= 0.3 is 5.97 Å². The van der Waals surface area contributed by atoms with Gasteiger partial charge in [0.1, 0.15) is 24.4 Å². The highest BCUT2D eigenvalue weighted by molar-refractivity contribution is 5.89. The Bertz CT molecular complexity index is 390. The number of carbonyl (C=O) groups excluding carboxylic acids is 2. The number of aliphatic hydroxyl groups is 5. The normalized spacial score (nSPS) is 38.6. The van der Waals surface area contributed by atoms with E-state index >= 15 is 0 Å². The molecule has 6 atom stereocenters. The van der Waals surface area contributed by atoms with Gasteiger partial charge < -0.3 is 30.3 Å². The molecule has 2 unspecified atom stereocenters. The lowest BCUT2D eigenvalue weighted by Gasteiger charge is -2.47. The van der Waals surface area contributed by atoms with Crippen molar-refractivity contribution in [3.63, 3.8) is 0 Å². The molecule has 0 aromatic rings. The number of ether oxygens (including phenoxy) is 1. The number of aliphatic hydroxyl groups excluding tert-OH is 4. The second kappa shape index (κ2) is 7.47. The summed E-state index contributed by atoms with van der Waals surface area (Å²) in [5, 5.41) is 50.3. The summed E-state index contributed by atoms with van der Waals surface area (Å²) in [4.78, 5) is 23.4. The van der Waals surface area contributed by atoms with Gasteiger partial charge in [0, 0.05) is 12.8 Å². The van der Waals surface area contributed by atoms with Crippen LogP contribution in [0, 0.1) is 0 Å². The van der Waals surface area contributed by atoms with Crippen LogP contribution in [0.15, 0.2) is 0 Å². The molecule has 0 aromatic heterocycles. The number of Topliss-reactive ketones (excluding diaryl/α,β-unsaturated/α-hetero) is 1. The molecule has 0 spiro atoms. The van der Waals surface area contributed by atoms with Crippen molar-refractivity contribution < 1.29 is 39.9 Å². The molecule has 0 radical (unpaired) electrons. The van der Waals surface area contributed by atoms with Gasteiger partial charge in [-0.3, -0.25) is 9.59 Å². The van der Waals surface area contributed by atoms with Gasteiger partial charge in [-0.05, 0) is 12.8 Å². The van der Waals surface area contributed by atoms with Gasteiger partial charge in [-0.15, -0.1) is 0 Å². The number of hydrogen-bond acceptors (Lipinski definition) is 8. The van der Waals surface area contributed by atoms with E-state index < -0.39 is 47.9 Å². The van der Waals surface area contributed by atoms with Gasteiger partial charge in [-0.25, -0.2) is 0 Å². The van der Waals surface area contributed by atoms with E-state index in [-0.39, 0.29) is 12.8 Å². The zero-order chi connectivity index (χ0) is 17.1. The third-order valence-corrected chi connectivity index (χ3v) is 3.87. The molecule has 1 rings (SSSR count). The minimum absolute atomic E-state index is 0.0289. The molecular formula is C14H24O8. The van der Waals surface area contributed by atoms with Crippen LogP contribution >= 0.6 is 0 Å². The lowest BCUT2D eigenvalue weighted by Crippen LogP contribution is -2.74. The van der Waals surface area contributed by atoms with Gasteiger partial charge in [0.2, 0.25) is 0 Å². The van der Waals surface area contributed by atoms with Gasteiger partial charge in [0.25, 0.3) is 0 Å². The minimum atomic E-state index is -2.71. The van der Waals surface area contributed by atoms with E-state index in [0.29, 0.717) is 12.8 Å². The van der Waals surface area contributed by atoms with Crippen LogP contribution in [0.3, 0.4) is 0 Å². The topological polar surface area (TPSA) is 145 Å². The predicted octanol–water partition coefficient (Wildman–Crippen LogP) is -1.74. The second-order valence-corrected chi connectivity index (χ2v) is 5.57. The molecular weight excluding hydrogens is 296 g/mol. The summed E-state index contributed by atoms with van der Waals surface area (Å²) < 4.78 is 4.85. The number of esters is 1. The summed E-state index contributed by atoms with van der Waals surface area (Å²) in [5.41, 5.74) is -2.71. The van der Waals surface area contributed by atoms with Crippen LogP contribution in [0.1, 0.15) is 39.5 Å². The van der Waals surface area contributed by atoms with Crippen LogP contribution in [0.25, 0.3) is 0 Å². The number of hydrogen-bond donors (Lipinski definition) is 5. The highest BCUT2D eigenvalue weighted by Crippen LogP contribution is 2.33. The minimum Gasteiger partial charge on any atom is -0.457 e. The van der Waals surface area contributed by atoms with E-state index in [1.54, 1.807) is 13.8 Å². The summed E-state index contributed by atoms with van der Waals surface area (Å²) in [6, 6.07) is 0.